The van der Waals surface area contributed by atoms with Crippen molar-refractivity contribution in [3.8, 4) is 5.75 Å². The fourth-order valence-corrected chi connectivity index (χ4v) is 2.60. The van der Waals surface area contributed by atoms with Crippen LogP contribution in [0, 0.1) is 17.0 Å². The van der Waals surface area contributed by atoms with Crippen LogP contribution in [0.25, 0.3) is 11.0 Å². The summed E-state index contributed by atoms with van der Waals surface area (Å²) >= 11 is 0. The molecule has 0 saturated heterocycles. The van der Waals surface area contributed by atoms with E-state index in [2.05, 4.69) is 5.32 Å². The fraction of sp³-hybridized carbons (Fsp3) is 0.211. The molecule has 1 N–H and O–H groups in total. The van der Waals surface area contributed by atoms with Gasteiger partial charge in [0.1, 0.15) is 11.3 Å². The lowest BCUT2D eigenvalue weighted by atomic mass is 10.2. The Morgan fingerprint density at radius 1 is 1.27 bits per heavy atom. The monoisotopic (exact) mass is 354 g/mol. The average Bonchev–Trinajstić information content (AvgIpc) is 3.04. The number of hydrogen-bond donors (Lipinski definition) is 1. The third-order valence-corrected chi connectivity index (χ3v) is 3.92. The van der Waals surface area contributed by atoms with Crippen LogP contribution in [0.15, 0.2) is 52.9 Å². The molecule has 0 fully saturated rings. The molecule has 0 aliphatic heterocycles. The largest absolute Gasteiger partial charge is 0.477 e. The Bertz CT molecular complexity index is 930. The summed E-state index contributed by atoms with van der Waals surface area (Å²) in [4.78, 5) is 22.6. The highest BCUT2D eigenvalue weighted by Gasteiger charge is 2.18. The molecule has 1 amide bonds. The molecule has 3 aromatic rings. The molecule has 0 radical (unpaired) electrons. The Kier molecular flexibility index (Phi) is 4.88. The van der Waals surface area contributed by atoms with Gasteiger partial charge in [0.15, 0.2) is 12.4 Å². The molecule has 0 saturated carbocycles. The molecule has 3 rings (SSSR count). The number of carbonyl (C=O) groups excluding carboxylic acids is 1. The van der Waals surface area contributed by atoms with Crippen LogP contribution >= 0.6 is 0 Å². The quantitative estimate of drug-likeness (QED) is 0.535. The van der Waals surface area contributed by atoms with E-state index in [1.807, 2.05) is 30.3 Å². The number of nitrogens with zero attached hydrogens (tertiary/aromatic N) is 1. The highest BCUT2D eigenvalue weighted by Crippen LogP contribution is 2.28. The summed E-state index contributed by atoms with van der Waals surface area (Å²) < 4.78 is 11.1. The molecule has 2 aromatic carbocycles. The van der Waals surface area contributed by atoms with Crippen molar-refractivity contribution in [2.45, 2.75) is 19.9 Å². The van der Waals surface area contributed by atoms with E-state index in [0.29, 0.717) is 5.76 Å². The van der Waals surface area contributed by atoms with Gasteiger partial charge < -0.3 is 14.5 Å². The van der Waals surface area contributed by atoms with E-state index in [9.17, 15) is 14.9 Å². The smallest absolute Gasteiger partial charge is 0.310 e. The second kappa shape index (κ2) is 7.26. The first-order chi connectivity index (χ1) is 12.4. The van der Waals surface area contributed by atoms with Crippen molar-refractivity contribution in [1.29, 1.82) is 0 Å². The number of benzene rings is 2. The van der Waals surface area contributed by atoms with E-state index in [1.165, 1.54) is 12.1 Å². The number of hydrogen-bond acceptors (Lipinski definition) is 5. The molecule has 0 aliphatic rings. The van der Waals surface area contributed by atoms with Crippen LogP contribution in [0.4, 0.5) is 5.69 Å². The standard InChI is InChI=1S/C19H18N2O5/c1-12-7-8-15(21(23)24)18(9-12)25-11-19(22)20-13(2)17-10-14-5-3-4-6-16(14)26-17/h3-10,13H,11H2,1-2H3,(H,20,22). The number of carbonyl (C=O) groups is 1. The summed E-state index contributed by atoms with van der Waals surface area (Å²) in [6.45, 7) is 3.26. The summed E-state index contributed by atoms with van der Waals surface area (Å²) in [5.41, 5.74) is 1.38. The zero-order valence-electron chi connectivity index (χ0n) is 14.4. The van der Waals surface area contributed by atoms with Gasteiger partial charge in [0.25, 0.3) is 5.91 Å². The summed E-state index contributed by atoms with van der Waals surface area (Å²) in [7, 11) is 0. The topological polar surface area (TPSA) is 94.6 Å². The van der Waals surface area contributed by atoms with Crippen molar-refractivity contribution in [3.05, 3.63) is 70.0 Å². The molecular formula is C19H18N2O5. The van der Waals surface area contributed by atoms with Crippen molar-refractivity contribution in [1.82, 2.24) is 5.32 Å². The van der Waals surface area contributed by atoms with Crippen LogP contribution < -0.4 is 10.1 Å². The van der Waals surface area contributed by atoms with Gasteiger partial charge in [-0.1, -0.05) is 24.3 Å². The second-order valence-electron chi connectivity index (χ2n) is 5.99. The summed E-state index contributed by atoms with van der Waals surface area (Å²) in [5.74, 6) is 0.302. The molecule has 7 nitrogen and oxygen atoms in total. The minimum atomic E-state index is -0.538. The minimum Gasteiger partial charge on any atom is -0.477 e. The Morgan fingerprint density at radius 3 is 2.77 bits per heavy atom. The van der Waals surface area contributed by atoms with Gasteiger partial charge in [0.05, 0.1) is 11.0 Å². The molecule has 1 aromatic heterocycles. The normalized spacial score (nSPS) is 11.9. The molecule has 7 heteroatoms. The summed E-state index contributed by atoms with van der Waals surface area (Å²) in [6, 6.07) is 13.6. The van der Waals surface area contributed by atoms with Gasteiger partial charge in [-0.15, -0.1) is 0 Å². The zero-order chi connectivity index (χ0) is 18.7. The Balaban J connectivity index is 1.64. The van der Waals surface area contributed by atoms with Crippen LogP contribution in [0.2, 0.25) is 0 Å². The van der Waals surface area contributed by atoms with Crippen LogP contribution in [-0.4, -0.2) is 17.4 Å². The molecule has 0 spiro atoms. The van der Waals surface area contributed by atoms with Gasteiger partial charge in [-0.25, -0.2) is 0 Å². The number of nitro groups is 1. The molecule has 26 heavy (non-hydrogen) atoms. The molecule has 0 aliphatic carbocycles. The van der Waals surface area contributed by atoms with E-state index in [-0.39, 0.29) is 24.1 Å². The molecule has 134 valence electrons. The van der Waals surface area contributed by atoms with E-state index >= 15 is 0 Å². The van der Waals surface area contributed by atoms with Gasteiger partial charge in [0, 0.05) is 11.5 Å². The number of fused-ring (bicyclic) bond motifs is 1. The van der Waals surface area contributed by atoms with E-state index in [1.54, 1.807) is 19.9 Å². The second-order valence-corrected chi connectivity index (χ2v) is 5.99. The summed E-state index contributed by atoms with van der Waals surface area (Å²) in [6.07, 6.45) is 0. The average molecular weight is 354 g/mol. The number of aryl methyl sites for hydroxylation is 1. The Morgan fingerprint density at radius 2 is 2.04 bits per heavy atom. The SMILES string of the molecule is Cc1ccc([N+](=O)[O-])c(OCC(=O)NC(C)c2cc3ccccc3o2)c1. The Labute approximate surface area is 149 Å². The predicted molar refractivity (Wildman–Crippen MR) is 96.1 cm³/mol. The van der Waals surface area contributed by atoms with Gasteiger partial charge in [0.2, 0.25) is 0 Å². The lowest BCUT2D eigenvalue weighted by Crippen LogP contribution is -2.31. The van der Waals surface area contributed by atoms with Crippen molar-refractivity contribution in [2.75, 3.05) is 6.61 Å². The van der Waals surface area contributed by atoms with E-state index in [4.69, 9.17) is 9.15 Å². The molecule has 1 atom stereocenters. The number of furan rings is 1. The third kappa shape index (κ3) is 3.83. The zero-order valence-corrected chi connectivity index (χ0v) is 14.4. The number of nitro benzene ring substituents is 1. The molecule has 1 unspecified atom stereocenters. The van der Waals surface area contributed by atoms with Crippen LogP contribution in [0.3, 0.4) is 0 Å². The number of ether oxygens (including phenoxy) is 1. The van der Waals surface area contributed by atoms with Crippen LogP contribution in [-0.2, 0) is 4.79 Å². The first-order valence-corrected chi connectivity index (χ1v) is 8.09. The number of para-hydroxylation sites is 1. The van der Waals surface area contributed by atoms with Crippen LogP contribution in [0.5, 0.6) is 5.75 Å². The molecular weight excluding hydrogens is 336 g/mol. The van der Waals surface area contributed by atoms with Gasteiger partial charge >= 0.3 is 5.69 Å². The highest BCUT2D eigenvalue weighted by atomic mass is 16.6. The predicted octanol–water partition coefficient (Wildman–Crippen LogP) is 3.91. The van der Waals surface area contributed by atoms with E-state index in [0.717, 1.165) is 16.5 Å². The first kappa shape index (κ1) is 17.5. The fourth-order valence-electron chi connectivity index (χ4n) is 2.60. The third-order valence-electron chi connectivity index (χ3n) is 3.92. The maximum atomic E-state index is 12.1. The van der Waals surface area contributed by atoms with Crippen molar-refractivity contribution >= 4 is 22.6 Å². The van der Waals surface area contributed by atoms with Gasteiger partial charge in [-0.2, -0.15) is 0 Å². The number of amides is 1. The van der Waals surface area contributed by atoms with Crippen molar-refractivity contribution in [3.63, 3.8) is 0 Å². The van der Waals surface area contributed by atoms with Gasteiger partial charge in [-0.3, -0.25) is 14.9 Å². The van der Waals surface area contributed by atoms with Gasteiger partial charge in [-0.05, 0) is 37.6 Å². The lowest BCUT2D eigenvalue weighted by Gasteiger charge is -2.12. The molecule has 1 heterocycles. The minimum absolute atomic E-state index is 0.0709. The number of nitrogens with one attached hydrogen (secondary N) is 1. The lowest BCUT2D eigenvalue weighted by molar-refractivity contribution is -0.385. The Hall–Kier alpha value is -3.35. The maximum Gasteiger partial charge on any atom is 0.310 e. The van der Waals surface area contributed by atoms with E-state index < -0.39 is 10.8 Å². The van der Waals surface area contributed by atoms with Crippen molar-refractivity contribution < 1.29 is 18.9 Å². The summed E-state index contributed by atoms with van der Waals surface area (Å²) in [5, 5.41) is 14.8. The highest BCUT2D eigenvalue weighted by molar-refractivity contribution is 5.80. The van der Waals surface area contributed by atoms with Crippen LogP contribution in [0.1, 0.15) is 24.3 Å². The maximum absolute atomic E-state index is 12.1. The molecule has 0 bridgehead atoms. The number of rotatable bonds is 6. The first-order valence-electron chi connectivity index (χ1n) is 8.09. The van der Waals surface area contributed by atoms with Crippen molar-refractivity contribution in [2.24, 2.45) is 0 Å².